The number of alkyl halides is 3. The lowest BCUT2D eigenvalue weighted by molar-refractivity contribution is -0.136. The standard InChI is InChI=1S/C17H25F3N2O/c1-13(10-17(18,19)20)21-16-5-3-2-4-15(16)11-22-8-6-14(12-23)7-9-22/h2-5,13-14,21,23H,6-12H2,1H3. The van der Waals surface area contributed by atoms with Crippen LogP contribution in [0.25, 0.3) is 0 Å². The lowest BCUT2D eigenvalue weighted by atomic mass is 9.97. The van der Waals surface area contributed by atoms with Crippen molar-refractivity contribution in [1.82, 2.24) is 4.90 Å². The molecule has 2 rings (SSSR count). The highest BCUT2D eigenvalue weighted by Gasteiger charge is 2.30. The number of nitrogens with one attached hydrogen (secondary N) is 1. The van der Waals surface area contributed by atoms with Crippen LogP contribution in [0.4, 0.5) is 18.9 Å². The molecule has 0 radical (unpaired) electrons. The SMILES string of the molecule is CC(CC(F)(F)F)Nc1ccccc1CN1CCC(CO)CC1. The van der Waals surface area contributed by atoms with Crippen molar-refractivity contribution in [2.45, 2.75) is 44.9 Å². The minimum Gasteiger partial charge on any atom is -0.396 e. The van der Waals surface area contributed by atoms with Crippen molar-refractivity contribution >= 4 is 5.69 Å². The number of para-hydroxylation sites is 1. The number of aliphatic hydroxyl groups is 1. The summed E-state index contributed by atoms with van der Waals surface area (Å²) in [5, 5.41) is 12.2. The summed E-state index contributed by atoms with van der Waals surface area (Å²) in [6.45, 7) is 4.34. The normalized spacial score (nSPS) is 18.8. The van der Waals surface area contributed by atoms with Gasteiger partial charge in [0.15, 0.2) is 0 Å². The van der Waals surface area contributed by atoms with Gasteiger partial charge >= 0.3 is 6.18 Å². The molecule has 0 spiro atoms. The quantitative estimate of drug-likeness (QED) is 0.836. The average molecular weight is 330 g/mol. The molecule has 1 saturated heterocycles. The minimum atomic E-state index is -4.16. The van der Waals surface area contributed by atoms with Crippen molar-refractivity contribution in [2.24, 2.45) is 5.92 Å². The number of rotatable bonds is 6. The van der Waals surface area contributed by atoms with Crippen molar-refractivity contribution in [3.05, 3.63) is 29.8 Å². The molecule has 1 aliphatic rings. The number of likely N-dealkylation sites (tertiary alicyclic amines) is 1. The van der Waals surface area contributed by atoms with Crippen molar-refractivity contribution in [3.8, 4) is 0 Å². The van der Waals surface area contributed by atoms with E-state index < -0.39 is 18.6 Å². The predicted molar refractivity (Wildman–Crippen MR) is 85.3 cm³/mol. The van der Waals surface area contributed by atoms with Gasteiger partial charge in [-0.05, 0) is 50.4 Å². The van der Waals surface area contributed by atoms with Gasteiger partial charge in [-0.2, -0.15) is 13.2 Å². The number of benzene rings is 1. The lowest BCUT2D eigenvalue weighted by Crippen LogP contribution is -2.34. The first-order valence-corrected chi connectivity index (χ1v) is 8.12. The molecule has 6 heteroatoms. The van der Waals surface area contributed by atoms with Crippen LogP contribution in [-0.4, -0.2) is 41.9 Å². The maximum atomic E-state index is 12.5. The highest BCUT2D eigenvalue weighted by Crippen LogP contribution is 2.26. The van der Waals surface area contributed by atoms with Crippen LogP contribution >= 0.6 is 0 Å². The van der Waals surface area contributed by atoms with Gasteiger partial charge in [-0.3, -0.25) is 4.90 Å². The molecule has 1 fully saturated rings. The van der Waals surface area contributed by atoms with Gasteiger partial charge in [0.25, 0.3) is 0 Å². The van der Waals surface area contributed by atoms with E-state index in [1.54, 1.807) is 6.92 Å². The molecule has 2 N–H and O–H groups in total. The molecule has 0 aromatic heterocycles. The van der Waals surface area contributed by atoms with E-state index in [0.29, 0.717) is 5.92 Å². The van der Waals surface area contributed by atoms with Gasteiger partial charge in [0.1, 0.15) is 0 Å². The van der Waals surface area contributed by atoms with E-state index in [1.807, 2.05) is 24.3 Å². The van der Waals surface area contributed by atoms with Crippen LogP contribution in [0.5, 0.6) is 0 Å². The maximum absolute atomic E-state index is 12.5. The van der Waals surface area contributed by atoms with Crippen molar-refractivity contribution in [3.63, 3.8) is 0 Å². The van der Waals surface area contributed by atoms with E-state index in [4.69, 9.17) is 0 Å². The first-order chi connectivity index (χ1) is 10.9. The zero-order valence-corrected chi connectivity index (χ0v) is 13.4. The fourth-order valence-electron chi connectivity index (χ4n) is 3.03. The fourth-order valence-corrected chi connectivity index (χ4v) is 3.03. The van der Waals surface area contributed by atoms with Crippen molar-refractivity contribution < 1.29 is 18.3 Å². The number of aliphatic hydroxyl groups excluding tert-OH is 1. The molecule has 1 heterocycles. The summed E-state index contributed by atoms with van der Waals surface area (Å²) in [6, 6.07) is 6.89. The monoisotopic (exact) mass is 330 g/mol. The Hall–Kier alpha value is -1.27. The Morgan fingerprint density at radius 3 is 2.52 bits per heavy atom. The van der Waals surface area contributed by atoms with Crippen LogP contribution < -0.4 is 5.32 Å². The van der Waals surface area contributed by atoms with Gasteiger partial charge < -0.3 is 10.4 Å². The predicted octanol–water partition coefficient (Wildman–Crippen LogP) is 3.64. The summed E-state index contributed by atoms with van der Waals surface area (Å²) in [5.74, 6) is 0.381. The molecule has 1 atom stereocenters. The number of piperidine rings is 1. The van der Waals surface area contributed by atoms with E-state index in [2.05, 4.69) is 10.2 Å². The number of hydrogen-bond donors (Lipinski definition) is 2. The van der Waals surface area contributed by atoms with Gasteiger partial charge in [0.05, 0.1) is 6.42 Å². The zero-order chi connectivity index (χ0) is 16.9. The fraction of sp³-hybridized carbons (Fsp3) is 0.647. The Bertz CT molecular complexity index is 485. The third kappa shape index (κ3) is 6.03. The summed E-state index contributed by atoms with van der Waals surface area (Å²) in [5.41, 5.74) is 1.79. The van der Waals surface area contributed by atoms with Gasteiger partial charge in [-0.15, -0.1) is 0 Å². The topological polar surface area (TPSA) is 35.5 Å². The van der Waals surface area contributed by atoms with E-state index in [-0.39, 0.29) is 6.61 Å². The third-order valence-electron chi connectivity index (χ3n) is 4.32. The second-order valence-electron chi connectivity index (χ2n) is 6.42. The number of anilines is 1. The molecule has 1 aromatic rings. The van der Waals surface area contributed by atoms with Gasteiger partial charge in [0.2, 0.25) is 0 Å². The van der Waals surface area contributed by atoms with Crippen LogP contribution in [0, 0.1) is 5.92 Å². The first kappa shape index (κ1) is 18.1. The molecule has 1 unspecified atom stereocenters. The Morgan fingerprint density at radius 2 is 1.91 bits per heavy atom. The van der Waals surface area contributed by atoms with Crippen molar-refractivity contribution in [1.29, 1.82) is 0 Å². The Kier molecular flexibility index (Phi) is 6.30. The lowest BCUT2D eigenvalue weighted by Gasteiger charge is -2.31. The summed E-state index contributed by atoms with van der Waals surface area (Å²) in [7, 11) is 0. The molecular formula is C17H25F3N2O. The summed E-state index contributed by atoms with van der Waals surface area (Å²) in [4.78, 5) is 2.29. The Labute approximate surface area is 135 Å². The van der Waals surface area contributed by atoms with Crippen LogP contribution in [0.2, 0.25) is 0 Å². The van der Waals surface area contributed by atoms with Crippen molar-refractivity contribution in [2.75, 3.05) is 25.0 Å². The third-order valence-corrected chi connectivity index (χ3v) is 4.32. The van der Waals surface area contributed by atoms with Crippen LogP contribution in [0.3, 0.4) is 0 Å². The molecule has 3 nitrogen and oxygen atoms in total. The van der Waals surface area contributed by atoms with Gasteiger partial charge in [-0.1, -0.05) is 18.2 Å². The first-order valence-electron chi connectivity index (χ1n) is 8.12. The molecule has 0 saturated carbocycles. The number of hydrogen-bond acceptors (Lipinski definition) is 3. The zero-order valence-electron chi connectivity index (χ0n) is 13.4. The van der Waals surface area contributed by atoms with E-state index in [0.717, 1.165) is 43.7 Å². The minimum absolute atomic E-state index is 0.237. The van der Waals surface area contributed by atoms with E-state index >= 15 is 0 Å². The molecule has 0 aliphatic carbocycles. The van der Waals surface area contributed by atoms with Crippen LogP contribution in [-0.2, 0) is 6.54 Å². The highest BCUT2D eigenvalue weighted by atomic mass is 19.4. The van der Waals surface area contributed by atoms with Crippen LogP contribution in [0.1, 0.15) is 31.7 Å². The average Bonchev–Trinajstić information content (AvgIpc) is 2.48. The smallest absolute Gasteiger partial charge is 0.391 e. The molecule has 23 heavy (non-hydrogen) atoms. The molecular weight excluding hydrogens is 305 g/mol. The Balaban J connectivity index is 1.95. The van der Waals surface area contributed by atoms with Gasteiger partial charge in [-0.25, -0.2) is 0 Å². The summed E-state index contributed by atoms with van der Waals surface area (Å²) < 4.78 is 37.5. The molecule has 130 valence electrons. The Morgan fingerprint density at radius 1 is 1.26 bits per heavy atom. The largest absolute Gasteiger partial charge is 0.396 e. The second kappa shape index (κ2) is 8.02. The molecule has 1 aromatic carbocycles. The summed E-state index contributed by atoms with van der Waals surface area (Å²) >= 11 is 0. The molecule has 1 aliphatic heterocycles. The maximum Gasteiger partial charge on any atom is 0.391 e. The highest BCUT2D eigenvalue weighted by molar-refractivity contribution is 5.51. The number of halogens is 3. The molecule has 0 amide bonds. The van der Waals surface area contributed by atoms with Crippen LogP contribution in [0.15, 0.2) is 24.3 Å². The second-order valence-corrected chi connectivity index (χ2v) is 6.42. The number of nitrogens with zero attached hydrogens (tertiary/aromatic N) is 1. The summed E-state index contributed by atoms with van der Waals surface area (Å²) in [6.07, 6.45) is -3.07. The van der Waals surface area contributed by atoms with E-state index in [9.17, 15) is 18.3 Å². The molecule has 0 bridgehead atoms. The van der Waals surface area contributed by atoms with E-state index in [1.165, 1.54) is 0 Å². The van der Waals surface area contributed by atoms with Gasteiger partial charge in [0, 0.05) is 24.9 Å².